The van der Waals surface area contributed by atoms with Crippen molar-refractivity contribution < 1.29 is 21.6 Å². The predicted molar refractivity (Wildman–Crippen MR) is 45.3 cm³/mol. The fourth-order valence-corrected chi connectivity index (χ4v) is 1.75. The topological polar surface area (TPSA) is 73.0 Å². The Bertz CT molecular complexity index is 487. The number of hydrogen-bond donors (Lipinski definition) is 1. The van der Waals surface area contributed by atoms with Gasteiger partial charge < -0.3 is 0 Å². The van der Waals surface area contributed by atoms with Gasteiger partial charge in [-0.2, -0.15) is 0 Å². The Labute approximate surface area is 84.0 Å². The minimum Gasteiger partial charge on any atom is -0.248 e. The van der Waals surface area contributed by atoms with E-state index in [9.17, 15) is 21.6 Å². The number of nitrogens with zero attached hydrogens (tertiary/aromatic N) is 1. The van der Waals surface area contributed by atoms with Crippen LogP contribution in [0.15, 0.2) is 11.0 Å². The molecule has 0 aliphatic heterocycles. The summed E-state index contributed by atoms with van der Waals surface area (Å²) in [4.78, 5) is 2.56. The van der Waals surface area contributed by atoms with Crippen LogP contribution >= 0.6 is 0 Å². The monoisotopic (exact) mass is 240 g/mol. The van der Waals surface area contributed by atoms with Gasteiger partial charge in [-0.25, -0.2) is 31.7 Å². The van der Waals surface area contributed by atoms with Crippen molar-refractivity contribution in [1.82, 2.24) is 4.98 Å². The zero-order valence-corrected chi connectivity index (χ0v) is 8.35. The maximum Gasteiger partial charge on any atom is 0.283 e. The van der Waals surface area contributed by atoms with E-state index >= 15 is 0 Å². The summed E-state index contributed by atoms with van der Waals surface area (Å²) in [6, 6.07) is 0.444. The van der Waals surface area contributed by atoms with Gasteiger partial charge in [0.1, 0.15) is 10.6 Å². The van der Waals surface area contributed by atoms with Crippen molar-refractivity contribution in [3.8, 4) is 0 Å². The van der Waals surface area contributed by atoms with E-state index in [-0.39, 0.29) is 5.69 Å². The van der Waals surface area contributed by atoms with Crippen LogP contribution in [0.2, 0.25) is 0 Å². The largest absolute Gasteiger partial charge is 0.283 e. The van der Waals surface area contributed by atoms with Gasteiger partial charge in [0.25, 0.3) is 6.43 Å². The van der Waals surface area contributed by atoms with E-state index in [1.54, 1.807) is 0 Å². The second-order valence-corrected chi connectivity index (χ2v) is 4.31. The third kappa shape index (κ3) is 2.45. The molecule has 0 radical (unpaired) electrons. The second kappa shape index (κ2) is 3.78. The first kappa shape index (κ1) is 11.9. The molecule has 8 heteroatoms. The molecule has 1 aromatic heterocycles. The van der Waals surface area contributed by atoms with Crippen molar-refractivity contribution in [2.24, 2.45) is 5.14 Å². The molecule has 84 valence electrons. The second-order valence-electron chi connectivity index (χ2n) is 2.78. The third-order valence-electron chi connectivity index (χ3n) is 1.66. The van der Waals surface area contributed by atoms with E-state index in [1.165, 1.54) is 0 Å². The molecule has 1 aromatic rings. The SMILES string of the molecule is Cc1nc(C(F)F)c(F)cc1S(N)(=O)=O. The van der Waals surface area contributed by atoms with Crippen LogP contribution in [-0.4, -0.2) is 13.4 Å². The summed E-state index contributed by atoms with van der Waals surface area (Å²) >= 11 is 0. The molecule has 4 nitrogen and oxygen atoms in total. The van der Waals surface area contributed by atoms with E-state index in [1.807, 2.05) is 0 Å². The van der Waals surface area contributed by atoms with Crippen molar-refractivity contribution in [2.75, 3.05) is 0 Å². The van der Waals surface area contributed by atoms with Crippen LogP contribution in [0.4, 0.5) is 13.2 Å². The zero-order valence-electron chi connectivity index (χ0n) is 7.54. The van der Waals surface area contributed by atoms with Crippen LogP contribution in [0.25, 0.3) is 0 Å². The third-order valence-corrected chi connectivity index (χ3v) is 2.69. The Morgan fingerprint density at radius 1 is 1.47 bits per heavy atom. The fraction of sp³-hybridized carbons (Fsp3) is 0.286. The Morgan fingerprint density at radius 2 is 2.00 bits per heavy atom. The van der Waals surface area contributed by atoms with Gasteiger partial charge in [0.05, 0.1) is 5.69 Å². The molecular formula is C7H7F3N2O2S. The number of alkyl halides is 2. The number of pyridine rings is 1. The summed E-state index contributed by atoms with van der Waals surface area (Å²) < 4.78 is 59.0. The minimum absolute atomic E-state index is 0.255. The van der Waals surface area contributed by atoms with Crippen LogP contribution in [-0.2, 0) is 10.0 Å². The van der Waals surface area contributed by atoms with Gasteiger partial charge >= 0.3 is 0 Å². The molecule has 15 heavy (non-hydrogen) atoms. The molecular weight excluding hydrogens is 233 g/mol. The summed E-state index contributed by atoms with van der Waals surface area (Å²) in [5, 5.41) is 4.73. The van der Waals surface area contributed by atoms with Crippen LogP contribution in [0.3, 0.4) is 0 Å². The van der Waals surface area contributed by atoms with E-state index in [0.717, 1.165) is 6.92 Å². The number of halogens is 3. The van der Waals surface area contributed by atoms with Crippen molar-refractivity contribution in [1.29, 1.82) is 0 Å². The summed E-state index contributed by atoms with van der Waals surface area (Å²) in [6.07, 6.45) is -3.10. The fourth-order valence-electron chi connectivity index (χ4n) is 1.02. The molecule has 0 saturated carbocycles. The van der Waals surface area contributed by atoms with Gasteiger partial charge in [0, 0.05) is 0 Å². The molecule has 0 amide bonds. The molecule has 0 fully saturated rings. The molecule has 2 N–H and O–H groups in total. The standard InChI is InChI=1S/C7H7F3N2O2S/c1-3-5(15(11,13)14)2-4(8)6(12-3)7(9)10/h2,7H,1H3,(H2,11,13,14). The van der Waals surface area contributed by atoms with Crippen LogP contribution < -0.4 is 5.14 Å². The zero-order chi connectivity index (χ0) is 11.8. The quantitative estimate of drug-likeness (QED) is 0.841. The molecule has 0 atom stereocenters. The Morgan fingerprint density at radius 3 is 2.40 bits per heavy atom. The number of rotatable bonds is 2. The van der Waals surface area contributed by atoms with Gasteiger partial charge in [-0.1, -0.05) is 0 Å². The Balaban J connectivity index is 3.46. The van der Waals surface area contributed by atoms with E-state index in [2.05, 4.69) is 4.98 Å². The first-order valence-corrected chi connectivity index (χ1v) is 5.26. The predicted octanol–water partition coefficient (Wildman–Crippen LogP) is 1.11. The van der Waals surface area contributed by atoms with Crippen LogP contribution in [0, 0.1) is 12.7 Å². The lowest BCUT2D eigenvalue weighted by Crippen LogP contribution is -2.16. The summed E-state index contributed by atoms with van der Waals surface area (Å²) in [5.41, 5.74) is -1.34. The molecule has 0 saturated heterocycles. The summed E-state index contributed by atoms with van der Waals surface area (Å²) in [6.45, 7) is 1.16. The van der Waals surface area contributed by atoms with Crippen molar-refractivity contribution >= 4 is 10.0 Å². The van der Waals surface area contributed by atoms with Gasteiger partial charge in [-0.3, -0.25) is 0 Å². The minimum atomic E-state index is -4.15. The van der Waals surface area contributed by atoms with E-state index in [4.69, 9.17) is 5.14 Å². The first-order valence-electron chi connectivity index (χ1n) is 3.71. The molecule has 1 heterocycles. The maximum atomic E-state index is 12.9. The number of aryl methyl sites for hydroxylation is 1. The average Bonchev–Trinajstić information content (AvgIpc) is 2.06. The highest BCUT2D eigenvalue weighted by atomic mass is 32.2. The molecule has 0 unspecified atom stereocenters. The van der Waals surface area contributed by atoms with Crippen molar-refractivity contribution in [2.45, 2.75) is 18.2 Å². The summed E-state index contributed by atoms with van der Waals surface area (Å²) in [7, 11) is -4.15. The van der Waals surface area contributed by atoms with Crippen LogP contribution in [0.1, 0.15) is 17.8 Å². The number of hydrogen-bond acceptors (Lipinski definition) is 3. The number of primary sulfonamides is 1. The molecule has 0 aromatic carbocycles. The maximum absolute atomic E-state index is 12.9. The van der Waals surface area contributed by atoms with Crippen molar-refractivity contribution in [3.05, 3.63) is 23.3 Å². The Hall–Kier alpha value is -1.15. The van der Waals surface area contributed by atoms with E-state index in [0.29, 0.717) is 6.07 Å². The normalized spacial score (nSPS) is 12.1. The van der Waals surface area contributed by atoms with Crippen LogP contribution in [0.5, 0.6) is 0 Å². The lowest BCUT2D eigenvalue weighted by Gasteiger charge is -2.06. The number of sulfonamides is 1. The number of aromatic nitrogens is 1. The Kier molecular flexibility index (Phi) is 3.00. The smallest absolute Gasteiger partial charge is 0.248 e. The lowest BCUT2D eigenvalue weighted by atomic mass is 10.3. The van der Waals surface area contributed by atoms with Gasteiger partial charge in [0.15, 0.2) is 5.82 Å². The molecule has 0 aliphatic rings. The van der Waals surface area contributed by atoms with Crippen molar-refractivity contribution in [3.63, 3.8) is 0 Å². The van der Waals surface area contributed by atoms with Gasteiger partial charge in [0.2, 0.25) is 10.0 Å². The highest BCUT2D eigenvalue weighted by Gasteiger charge is 2.21. The summed E-state index contributed by atoms with van der Waals surface area (Å²) in [5.74, 6) is -1.39. The highest BCUT2D eigenvalue weighted by Crippen LogP contribution is 2.23. The molecule has 0 spiro atoms. The molecule has 0 aliphatic carbocycles. The average molecular weight is 240 g/mol. The molecule has 0 bridgehead atoms. The van der Waals surface area contributed by atoms with Gasteiger partial charge in [-0.05, 0) is 13.0 Å². The van der Waals surface area contributed by atoms with Gasteiger partial charge in [-0.15, -0.1) is 0 Å². The highest BCUT2D eigenvalue weighted by molar-refractivity contribution is 7.89. The lowest BCUT2D eigenvalue weighted by molar-refractivity contribution is 0.140. The molecule has 1 rings (SSSR count). The number of nitrogens with two attached hydrogens (primary N) is 1. The first-order chi connectivity index (χ1) is 6.73. The van der Waals surface area contributed by atoms with E-state index < -0.39 is 32.9 Å².